The third-order valence-corrected chi connectivity index (χ3v) is 1.40. The molecular formula is C7H7F3N2O. The van der Waals surface area contributed by atoms with E-state index in [1.165, 1.54) is 6.92 Å². The van der Waals surface area contributed by atoms with Gasteiger partial charge in [0.2, 0.25) is 0 Å². The van der Waals surface area contributed by atoms with Crippen LogP contribution in [0.25, 0.3) is 0 Å². The summed E-state index contributed by atoms with van der Waals surface area (Å²) in [4.78, 5) is 0. The van der Waals surface area contributed by atoms with Crippen LogP contribution in [-0.4, -0.2) is 15.3 Å². The maximum Gasteiger partial charge on any atom is 0.435 e. The van der Waals surface area contributed by atoms with Crippen LogP contribution in [0.15, 0.2) is 12.1 Å². The van der Waals surface area contributed by atoms with Crippen LogP contribution in [0.1, 0.15) is 24.4 Å². The molecule has 0 bridgehead atoms. The van der Waals surface area contributed by atoms with Crippen LogP contribution in [0.4, 0.5) is 13.2 Å². The minimum Gasteiger partial charge on any atom is -0.387 e. The molecule has 1 atom stereocenters. The summed E-state index contributed by atoms with van der Waals surface area (Å²) >= 11 is 0. The standard InChI is InChI=1S/C7H7F3N2O/c1-4(13)5-2-3-6(12-11-5)7(8,9)10/h2-4,13H,1H3. The quantitative estimate of drug-likeness (QED) is 0.734. The smallest absolute Gasteiger partial charge is 0.387 e. The number of halogens is 3. The number of aliphatic hydroxyl groups excluding tert-OH is 1. The third-order valence-electron chi connectivity index (χ3n) is 1.40. The molecule has 13 heavy (non-hydrogen) atoms. The van der Waals surface area contributed by atoms with Crippen LogP contribution in [0, 0.1) is 0 Å². The number of aromatic nitrogens is 2. The number of rotatable bonds is 1. The first kappa shape index (κ1) is 9.91. The Labute approximate surface area is 72.2 Å². The van der Waals surface area contributed by atoms with Crippen molar-refractivity contribution in [3.05, 3.63) is 23.5 Å². The van der Waals surface area contributed by atoms with Crippen LogP contribution in [0.2, 0.25) is 0 Å². The van der Waals surface area contributed by atoms with E-state index in [1.807, 2.05) is 0 Å². The minimum absolute atomic E-state index is 0.119. The molecule has 0 radical (unpaired) electrons. The highest BCUT2D eigenvalue weighted by Crippen LogP contribution is 2.26. The SMILES string of the molecule is CC(O)c1ccc(C(F)(F)F)nn1. The van der Waals surface area contributed by atoms with Gasteiger partial charge in [0.1, 0.15) is 0 Å². The molecule has 1 heterocycles. The maximum absolute atomic E-state index is 12.0. The monoisotopic (exact) mass is 192 g/mol. The highest BCUT2D eigenvalue weighted by atomic mass is 19.4. The topological polar surface area (TPSA) is 46.0 Å². The summed E-state index contributed by atoms with van der Waals surface area (Å²) < 4.78 is 35.9. The summed E-state index contributed by atoms with van der Waals surface area (Å²) in [5.74, 6) is 0. The van der Waals surface area contributed by atoms with Gasteiger partial charge >= 0.3 is 6.18 Å². The summed E-state index contributed by atoms with van der Waals surface area (Å²) in [6.45, 7) is 1.40. The first-order valence-corrected chi connectivity index (χ1v) is 3.50. The average Bonchev–Trinajstić information content (AvgIpc) is 2.03. The van der Waals surface area contributed by atoms with Crippen molar-refractivity contribution in [3.8, 4) is 0 Å². The van der Waals surface area contributed by atoms with Crippen LogP contribution >= 0.6 is 0 Å². The Balaban J connectivity index is 2.94. The van der Waals surface area contributed by atoms with E-state index in [0.717, 1.165) is 12.1 Å². The predicted octanol–water partition coefficient (Wildman–Crippen LogP) is 1.55. The second-order valence-corrected chi connectivity index (χ2v) is 2.52. The Hall–Kier alpha value is -1.17. The second kappa shape index (κ2) is 3.29. The molecule has 1 rings (SSSR count). The molecule has 0 amide bonds. The van der Waals surface area contributed by atoms with Gasteiger partial charge in [-0.2, -0.15) is 18.3 Å². The van der Waals surface area contributed by atoms with Crippen molar-refractivity contribution in [3.63, 3.8) is 0 Å². The zero-order valence-electron chi connectivity index (χ0n) is 6.71. The van der Waals surface area contributed by atoms with E-state index in [2.05, 4.69) is 10.2 Å². The summed E-state index contributed by atoms with van der Waals surface area (Å²) in [5.41, 5.74) is -0.940. The van der Waals surface area contributed by atoms with Gasteiger partial charge in [-0.05, 0) is 19.1 Å². The summed E-state index contributed by atoms with van der Waals surface area (Å²) in [5, 5.41) is 15.1. The van der Waals surface area contributed by atoms with Crippen LogP contribution in [0.3, 0.4) is 0 Å². The average molecular weight is 192 g/mol. The zero-order valence-corrected chi connectivity index (χ0v) is 6.71. The number of alkyl halides is 3. The number of hydrogen-bond donors (Lipinski definition) is 1. The lowest BCUT2D eigenvalue weighted by Gasteiger charge is -2.06. The first-order chi connectivity index (χ1) is 5.91. The van der Waals surface area contributed by atoms with Gasteiger partial charge in [-0.25, -0.2) is 0 Å². The molecule has 0 saturated carbocycles. The molecule has 1 aromatic heterocycles. The predicted molar refractivity (Wildman–Crippen MR) is 37.7 cm³/mol. The molecule has 0 aliphatic rings. The Morgan fingerprint density at radius 2 is 1.92 bits per heavy atom. The molecule has 1 N–H and O–H groups in total. The maximum atomic E-state index is 12.0. The molecule has 1 aromatic rings. The van der Waals surface area contributed by atoms with Crippen molar-refractivity contribution < 1.29 is 18.3 Å². The number of hydrogen-bond acceptors (Lipinski definition) is 3. The van der Waals surface area contributed by atoms with Gasteiger partial charge in [-0.1, -0.05) is 0 Å². The fourth-order valence-corrected chi connectivity index (χ4v) is 0.717. The van der Waals surface area contributed by atoms with E-state index in [0.29, 0.717) is 0 Å². The van der Waals surface area contributed by atoms with Gasteiger partial charge in [0.15, 0.2) is 5.69 Å². The van der Waals surface area contributed by atoms with Gasteiger partial charge in [0.25, 0.3) is 0 Å². The Bertz CT molecular complexity index is 281. The van der Waals surface area contributed by atoms with Crippen LogP contribution in [0.5, 0.6) is 0 Å². The molecule has 0 fully saturated rings. The minimum atomic E-state index is -4.48. The molecule has 6 heteroatoms. The molecule has 0 saturated heterocycles. The Morgan fingerprint density at radius 3 is 2.23 bits per heavy atom. The molecule has 0 aliphatic heterocycles. The molecule has 1 unspecified atom stereocenters. The second-order valence-electron chi connectivity index (χ2n) is 2.52. The van der Waals surface area contributed by atoms with Gasteiger partial charge in [0.05, 0.1) is 11.8 Å². The van der Waals surface area contributed by atoms with E-state index in [-0.39, 0.29) is 5.69 Å². The van der Waals surface area contributed by atoms with Crippen molar-refractivity contribution in [1.82, 2.24) is 10.2 Å². The summed E-state index contributed by atoms with van der Waals surface area (Å²) in [7, 11) is 0. The lowest BCUT2D eigenvalue weighted by atomic mass is 10.2. The van der Waals surface area contributed by atoms with Crippen molar-refractivity contribution in [2.75, 3.05) is 0 Å². The zero-order chi connectivity index (χ0) is 10.1. The summed E-state index contributed by atoms with van der Waals surface area (Å²) in [6, 6.07) is 1.88. The number of nitrogens with zero attached hydrogens (tertiary/aromatic N) is 2. The Morgan fingerprint density at radius 1 is 1.31 bits per heavy atom. The molecule has 3 nitrogen and oxygen atoms in total. The first-order valence-electron chi connectivity index (χ1n) is 3.50. The molecule has 0 aromatic carbocycles. The van der Waals surface area contributed by atoms with E-state index in [4.69, 9.17) is 5.11 Å². The van der Waals surface area contributed by atoms with E-state index in [1.54, 1.807) is 0 Å². The summed E-state index contributed by atoms with van der Waals surface area (Å²) in [6.07, 6.45) is -5.39. The van der Waals surface area contributed by atoms with E-state index < -0.39 is 18.0 Å². The van der Waals surface area contributed by atoms with Gasteiger partial charge in [-0.3, -0.25) is 0 Å². The lowest BCUT2D eigenvalue weighted by molar-refractivity contribution is -0.141. The van der Waals surface area contributed by atoms with E-state index in [9.17, 15) is 13.2 Å². The van der Waals surface area contributed by atoms with Gasteiger partial charge < -0.3 is 5.11 Å². The third kappa shape index (κ3) is 2.38. The highest BCUT2D eigenvalue weighted by Gasteiger charge is 2.32. The van der Waals surface area contributed by atoms with Crippen LogP contribution in [-0.2, 0) is 6.18 Å². The largest absolute Gasteiger partial charge is 0.435 e. The fourth-order valence-electron chi connectivity index (χ4n) is 0.717. The van der Waals surface area contributed by atoms with Crippen molar-refractivity contribution in [1.29, 1.82) is 0 Å². The van der Waals surface area contributed by atoms with Gasteiger partial charge in [-0.15, -0.1) is 5.10 Å². The molecule has 72 valence electrons. The van der Waals surface area contributed by atoms with Crippen molar-refractivity contribution >= 4 is 0 Å². The number of aliphatic hydroxyl groups is 1. The highest BCUT2D eigenvalue weighted by molar-refractivity contribution is 5.10. The van der Waals surface area contributed by atoms with Crippen molar-refractivity contribution in [2.24, 2.45) is 0 Å². The molecule has 0 spiro atoms. The van der Waals surface area contributed by atoms with Crippen molar-refractivity contribution in [2.45, 2.75) is 19.2 Å². The Kier molecular flexibility index (Phi) is 2.51. The lowest BCUT2D eigenvalue weighted by Crippen LogP contribution is -2.10. The van der Waals surface area contributed by atoms with Gasteiger partial charge in [0, 0.05) is 0 Å². The normalized spacial score (nSPS) is 14.2. The van der Waals surface area contributed by atoms with E-state index >= 15 is 0 Å². The fraction of sp³-hybridized carbons (Fsp3) is 0.429. The molecular weight excluding hydrogens is 185 g/mol. The molecule has 0 aliphatic carbocycles. The van der Waals surface area contributed by atoms with Crippen LogP contribution < -0.4 is 0 Å².